The Morgan fingerprint density at radius 3 is 2.78 bits per heavy atom. The number of hydrogen-bond donors (Lipinski definition) is 0. The highest BCUT2D eigenvalue weighted by molar-refractivity contribution is 6.21. The second-order valence-electron chi connectivity index (χ2n) is 5.39. The van der Waals surface area contributed by atoms with Gasteiger partial charge in [0.15, 0.2) is 0 Å². The Balaban J connectivity index is 2.01. The fourth-order valence-corrected chi connectivity index (χ4v) is 3.30. The van der Waals surface area contributed by atoms with Crippen molar-refractivity contribution in [1.82, 2.24) is 14.7 Å². The maximum atomic E-state index is 6.45. The van der Waals surface area contributed by atoms with Crippen LogP contribution in [0.1, 0.15) is 44.0 Å². The molecule has 0 N–H and O–H groups in total. The van der Waals surface area contributed by atoms with Crippen LogP contribution in [0.3, 0.4) is 0 Å². The molecule has 1 fully saturated rings. The molecule has 0 aliphatic heterocycles. The maximum Gasteiger partial charge on any atom is 0.0625 e. The molecule has 0 aromatic carbocycles. The zero-order valence-electron chi connectivity index (χ0n) is 11.7. The highest BCUT2D eigenvalue weighted by Crippen LogP contribution is 2.27. The lowest BCUT2D eigenvalue weighted by Gasteiger charge is -2.34. The number of aromatic nitrogens is 2. The first-order valence-corrected chi connectivity index (χ1v) is 7.41. The van der Waals surface area contributed by atoms with Gasteiger partial charge in [0, 0.05) is 25.0 Å². The fourth-order valence-electron chi connectivity index (χ4n) is 2.83. The van der Waals surface area contributed by atoms with E-state index in [1.807, 2.05) is 11.7 Å². The van der Waals surface area contributed by atoms with Gasteiger partial charge in [-0.3, -0.25) is 9.58 Å². The van der Waals surface area contributed by atoms with Crippen LogP contribution in [0.25, 0.3) is 0 Å². The topological polar surface area (TPSA) is 21.1 Å². The van der Waals surface area contributed by atoms with Crippen molar-refractivity contribution >= 4 is 11.6 Å². The molecule has 2 rings (SSSR count). The van der Waals surface area contributed by atoms with Crippen LogP contribution in [-0.4, -0.2) is 33.1 Å². The Morgan fingerprint density at radius 1 is 1.44 bits per heavy atom. The van der Waals surface area contributed by atoms with Crippen molar-refractivity contribution in [3.05, 3.63) is 17.5 Å². The van der Waals surface area contributed by atoms with Gasteiger partial charge in [0.1, 0.15) is 0 Å². The second kappa shape index (κ2) is 6.07. The molecule has 1 aromatic rings. The molecule has 2 unspecified atom stereocenters. The first-order chi connectivity index (χ1) is 8.61. The molecular weight excluding hydrogens is 246 g/mol. The lowest BCUT2D eigenvalue weighted by molar-refractivity contribution is 0.184. The summed E-state index contributed by atoms with van der Waals surface area (Å²) in [6, 6.07) is 2.73. The third-order valence-corrected chi connectivity index (χ3v) is 4.52. The predicted octanol–water partition coefficient (Wildman–Crippen LogP) is 2.96. The van der Waals surface area contributed by atoms with Gasteiger partial charge in [-0.2, -0.15) is 5.10 Å². The summed E-state index contributed by atoms with van der Waals surface area (Å²) in [6.45, 7) is 3.09. The second-order valence-corrected chi connectivity index (χ2v) is 5.95. The van der Waals surface area contributed by atoms with Crippen molar-refractivity contribution < 1.29 is 0 Å². The summed E-state index contributed by atoms with van der Waals surface area (Å²) in [6.07, 6.45) is 5.97. The molecule has 3 nitrogen and oxygen atoms in total. The van der Waals surface area contributed by atoms with Gasteiger partial charge in [-0.1, -0.05) is 19.8 Å². The van der Waals surface area contributed by atoms with Crippen LogP contribution < -0.4 is 0 Å². The summed E-state index contributed by atoms with van der Waals surface area (Å²) in [5.41, 5.74) is 2.45. The van der Waals surface area contributed by atoms with Crippen LogP contribution in [0.2, 0.25) is 0 Å². The summed E-state index contributed by atoms with van der Waals surface area (Å²) in [5.74, 6) is 0. The molecule has 2 atom stereocenters. The Hall–Kier alpha value is -0.540. The quantitative estimate of drug-likeness (QED) is 0.784. The van der Waals surface area contributed by atoms with Gasteiger partial charge in [0.2, 0.25) is 0 Å². The van der Waals surface area contributed by atoms with Crippen LogP contribution in [0.4, 0.5) is 0 Å². The highest BCUT2D eigenvalue weighted by Gasteiger charge is 2.27. The van der Waals surface area contributed by atoms with Crippen molar-refractivity contribution in [3.8, 4) is 0 Å². The molecule has 1 aliphatic carbocycles. The van der Waals surface area contributed by atoms with Gasteiger partial charge in [-0.15, -0.1) is 11.6 Å². The summed E-state index contributed by atoms with van der Waals surface area (Å²) in [7, 11) is 4.21. The standard InChI is InChI=1S/C14H24ClN3/c1-4-11-9-12(18(3)16-11)10-17(2)14-8-6-5-7-13(14)15/h9,13-14H,4-8,10H2,1-3H3. The lowest BCUT2D eigenvalue weighted by atomic mass is 9.94. The van der Waals surface area contributed by atoms with Crippen LogP contribution >= 0.6 is 11.6 Å². The van der Waals surface area contributed by atoms with Crippen molar-refractivity contribution in [3.63, 3.8) is 0 Å². The number of nitrogens with zero attached hydrogens (tertiary/aromatic N) is 3. The minimum atomic E-state index is 0.308. The molecule has 0 amide bonds. The SMILES string of the molecule is CCc1cc(CN(C)C2CCCCC2Cl)n(C)n1. The molecule has 0 radical (unpaired) electrons. The summed E-state index contributed by atoms with van der Waals surface area (Å²) in [4.78, 5) is 2.40. The van der Waals surface area contributed by atoms with Crippen molar-refractivity contribution in [2.75, 3.05) is 7.05 Å². The molecule has 1 aliphatic rings. The van der Waals surface area contributed by atoms with E-state index in [0.29, 0.717) is 11.4 Å². The minimum Gasteiger partial charge on any atom is -0.296 e. The van der Waals surface area contributed by atoms with Gasteiger partial charge in [-0.25, -0.2) is 0 Å². The van der Waals surface area contributed by atoms with Crippen LogP contribution in [-0.2, 0) is 20.0 Å². The van der Waals surface area contributed by atoms with Crippen molar-refractivity contribution in [2.24, 2.45) is 7.05 Å². The zero-order valence-corrected chi connectivity index (χ0v) is 12.5. The van der Waals surface area contributed by atoms with E-state index < -0.39 is 0 Å². The first-order valence-electron chi connectivity index (χ1n) is 6.98. The maximum absolute atomic E-state index is 6.45. The predicted molar refractivity (Wildman–Crippen MR) is 76.0 cm³/mol. The third kappa shape index (κ3) is 3.07. The van der Waals surface area contributed by atoms with E-state index >= 15 is 0 Å². The minimum absolute atomic E-state index is 0.308. The Labute approximate surface area is 115 Å². The molecule has 1 aromatic heterocycles. The van der Waals surface area contributed by atoms with Crippen molar-refractivity contribution in [1.29, 1.82) is 0 Å². The Bertz CT molecular complexity index is 388. The summed E-state index contributed by atoms with van der Waals surface area (Å²) >= 11 is 6.45. The van der Waals surface area contributed by atoms with E-state index in [1.54, 1.807) is 0 Å². The largest absolute Gasteiger partial charge is 0.296 e. The van der Waals surface area contributed by atoms with E-state index in [4.69, 9.17) is 11.6 Å². The van der Waals surface area contributed by atoms with Crippen LogP contribution in [0.15, 0.2) is 6.07 Å². The highest BCUT2D eigenvalue weighted by atomic mass is 35.5. The Morgan fingerprint density at radius 2 is 2.17 bits per heavy atom. The summed E-state index contributed by atoms with van der Waals surface area (Å²) < 4.78 is 2.00. The number of alkyl halides is 1. The smallest absolute Gasteiger partial charge is 0.0625 e. The van der Waals surface area contributed by atoms with Crippen molar-refractivity contribution in [2.45, 2.75) is 57.0 Å². The Kier molecular flexibility index (Phi) is 4.68. The molecule has 0 bridgehead atoms. The van der Waals surface area contributed by atoms with E-state index in [0.717, 1.165) is 19.4 Å². The fraction of sp³-hybridized carbons (Fsp3) is 0.786. The van der Waals surface area contributed by atoms with E-state index in [2.05, 4.69) is 30.0 Å². The molecule has 4 heteroatoms. The molecule has 102 valence electrons. The first kappa shape index (κ1) is 13.9. The lowest BCUT2D eigenvalue weighted by Crippen LogP contribution is -2.40. The third-order valence-electron chi connectivity index (χ3n) is 4.01. The van der Waals surface area contributed by atoms with E-state index in [9.17, 15) is 0 Å². The van der Waals surface area contributed by atoms with Gasteiger partial charge in [0.25, 0.3) is 0 Å². The van der Waals surface area contributed by atoms with Gasteiger partial charge in [0.05, 0.1) is 11.4 Å². The number of halogens is 1. The van der Waals surface area contributed by atoms with E-state index in [1.165, 1.54) is 30.7 Å². The molecule has 1 saturated carbocycles. The zero-order chi connectivity index (χ0) is 13.1. The van der Waals surface area contributed by atoms with Gasteiger partial charge in [-0.05, 0) is 32.4 Å². The van der Waals surface area contributed by atoms with Gasteiger partial charge < -0.3 is 0 Å². The molecule has 1 heterocycles. The summed E-state index contributed by atoms with van der Waals surface area (Å²) in [5, 5.41) is 4.81. The normalized spacial score (nSPS) is 24.7. The average molecular weight is 270 g/mol. The molecule has 0 saturated heterocycles. The van der Waals surface area contributed by atoms with E-state index in [-0.39, 0.29) is 0 Å². The van der Waals surface area contributed by atoms with Crippen LogP contribution in [0, 0.1) is 0 Å². The monoisotopic (exact) mass is 269 g/mol. The number of rotatable bonds is 4. The van der Waals surface area contributed by atoms with Crippen LogP contribution in [0.5, 0.6) is 0 Å². The molecule has 18 heavy (non-hydrogen) atoms. The van der Waals surface area contributed by atoms with Gasteiger partial charge >= 0.3 is 0 Å². The molecular formula is C14H24ClN3. The molecule has 0 spiro atoms. The number of hydrogen-bond acceptors (Lipinski definition) is 2. The number of aryl methyl sites for hydroxylation is 2. The average Bonchev–Trinajstić information content (AvgIpc) is 2.70.